The molecule has 5 heteroatoms. The van der Waals surface area contributed by atoms with E-state index >= 15 is 0 Å². The van der Waals surface area contributed by atoms with E-state index in [2.05, 4.69) is 10.3 Å². The molecule has 1 heterocycles. The number of nitrogens with zero attached hydrogens (tertiary/aromatic N) is 1. The lowest BCUT2D eigenvalue weighted by molar-refractivity contribution is 0.0950. The predicted octanol–water partition coefficient (Wildman–Crippen LogP) is 3.12. The van der Waals surface area contributed by atoms with Crippen molar-refractivity contribution in [1.82, 2.24) is 10.3 Å². The zero-order valence-electron chi connectivity index (χ0n) is 12.0. The Morgan fingerprint density at radius 3 is 2.67 bits per heavy atom. The number of halogens is 1. The molecule has 1 aromatic heterocycles. The van der Waals surface area contributed by atoms with Crippen molar-refractivity contribution in [3.05, 3.63) is 63.9 Å². The first-order valence-corrected chi connectivity index (χ1v) is 6.96. The molecule has 0 atom stereocenters. The zero-order valence-corrected chi connectivity index (χ0v) is 12.8. The Bertz CT molecular complexity index is 624. The fraction of sp³-hybridized carbons (Fsp3) is 0.250. The Balaban J connectivity index is 2.07. The summed E-state index contributed by atoms with van der Waals surface area (Å²) in [7, 11) is 1.65. The number of hydrogen-bond acceptors (Lipinski definition) is 3. The van der Waals surface area contributed by atoms with Crippen molar-refractivity contribution < 1.29 is 9.53 Å². The molecule has 0 bridgehead atoms. The number of amides is 1. The van der Waals surface area contributed by atoms with E-state index in [4.69, 9.17) is 16.3 Å². The Hall–Kier alpha value is -1.91. The van der Waals surface area contributed by atoms with E-state index < -0.39 is 0 Å². The van der Waals surface area contributed by atoms with Crippen LogP contribution in [0.5, 0.6) is 0 Å². The van der Waals surface area contributed by atoms with E-state index in [1.807, 2.05) is 24.3 Å². The van der Waals surface area contributed by atoms with Gasteiger partial charge in [-0.1, -0.05) is 35.9 Å². The number of rotatable bonds is 5. The molecule has 1 N–H and O–H groups in total. The minimum absolute atomic E-state index is 0.172. The van der Waals surface area contributed by atoms with Crippen molar-refractivity contribution in [2.75, 3.05) is 7.11 Å². The number of nitrogens with one attached hydrogen (secondary N) is 1. The topological polar surface area (TPSA) is 51.2 Å². The monoisotopic (exact) mass is 304 g/mol. The van der Waals surface area contributed by atoms with Gasteiger partial charge in [-0.15, -0.1) is 0 Å². The lowest BCUT2D eigenvalue weighted by Gasteiger charge is -2.10. The number of ether oxygens (including phenoxy) is 1. The van der Waals surface area contributed by atoms with Gasteiger partial charge in [0.05, 0.1) is 6.61 Å². The van der Waals surface area contributed by atoms with Crippen LogP contribution in [-0.4, -0.2) is 18.0 Å². The van der Waals surface area contributed by atoms with Gasteiger partial charge in [0, 0.05) is 24.9 Å². The van der Waals surface area contributed by atoms with Crippen molar-refractivity contribution in [2.45, 2.75) is 20.1 Å². The normalized spacial score (nSPS) is 10.4. The maximum absolute atomic E-state index is 12.2. The van der Waals surface area contributed by atoms with Crippen LogP contribution in [0.1, 0.15) is 27.2 Å². The van der Waals surface area contributed by atoms with Gasteiger partial charge in [0.25, 0.3) is 5.91 Å². The third-order valence-corrected chi connectivity index (χ3v) is 3.24. The van der Waals surface area contributed by atoms with Gasteiger partial charge in [-0.25, -0.2) is 4.98 Å². The summed E-state index contributed by atoms with van der Waals surface area (Å²) in [5.41, 5.74) is 3.32. The van der Waals surface area contributed by atoms with E-state index in [1.165, 1.54) is 0 Å². The van der Waals surface area contributed by atoms with Gasteiger partial charge < -0.3 is 10.1 Å². The standard InChI is InChI=1S/C16H17ClN2O2/c1-11-7-14(8-15(17)19-11)16(20)18-9-12-5-3-4-6-13(12)10-21-2/h3-8H,9-10H2,1-2H3,(H,18,20). The Morgan fingerprint density at radius 2 is 2.00 bits per heavy atom. The summed E-state index contributed by atoms with van der Waals surface area (Å²) in [5.74, 6) is -0.172. The SMILES string of the molecule is COCc1ccccc1CNC(=O)c1cc(C)nc(Cl)c1. The average Bonchev–Trinajstić information content (AvgIpc) is 2.45. The maximum atomic E-state index is 12.2. The summed E-state index contributed by atoms with van der Waals surface area (Å²) in [6.07, 6.45) is 0. The molecular formula is C16H17ClN2O2. The van der Waals surface area contributed by atoms with Gasteiger partial charge in [0.1, 0.15) is 5.15 Å². The third-order valence-electron chi connectivity index (χ3n) is 3.04. The van der Waals surface area contributed by atoms with Gasteiger partial charge in [0.15, 0.2) is 0 Å². The Kier molecular flexibility index (Phi) is 5.31. The maximum Gasteiger partial charge on any atom is 0.251 e. The van der Waals surface area contributed by atoms with Crippen molar-refractivity contribution in [2.24, 2.45) is 0 Å². The number of carbonyl (C=O) groups excluding carboxylic acids is 1. The Labute approximate surface area is 129 Å². The quantitative estimate of drug-likeness (QED) is 0.864. The second-order valence-electron chi connectivity index (χ2n) is 4.70. The summed E-state index contributed by atoms with van der Waals surface area (Å²) in [6, 6.07) is 11.1. The van der Waals surface area contributed by atoms with Crippen LogP contribution in [0.15, 0.2) is 36.4 Å². The molecule has 0 fully saturated rings. The average molecular weight is 305 g/mol. The highest BCUT2D eigenvalue weighted by molar-refractivity contribution is 6.29. The molecule has 0 radical (unpaired) electrons. The lowest BCUT2D eigenvalue weighted by atomic mass is 10.1. The number of benzene rings is 1. The molecule has 1 amide bonds. The molecule has 110 valence electrons. The second-order valence-corrected chi connectivity index (χ2v) is 5.09. The van der Waals surface area contributed by atoms with Crippen molar-refractivity contribution in [3.8, 4) is 0 Å². The summed E-state index contributed by atoms with van der Waals surface area (Å²) < 4.78 is 5.15. The van der Waals surface area contributed by atoms with Crippen LogP contribution in [0.25, 0.3) is 0 Å². The van der Waals surface area contributed by atoms with E-state index in [0.29, 0.717) is 29.6 Å². The highest BCUT2D eigenvalue weighted by Crippen LogP contribution is 2.12. The molecule has 21 heavy (non-hydrogen) atoms. The van der Waals surface area contributed by atoms with Crippen LogP contribution < -0.4 is 5.32 Å². The van der Waals surface area contributed by atoms with Crippen molar-refractivity contribution >= 4 is 17.5 Å². The van der Waals surface area contributed by atoms with Crippen LogP contribution >= 0.6 is 11.6 Å². The number of aryl methyl sites for hydroxylation is 1. The predicted molar refractivity (Wildman–Crippen MR) is 82.3 cm³/mol. The lowest BCUT2D eigenvalue weighted by Crippen LogP contribution is -2.23. The minimum atomic E-state index is -0.172. The molecule has 2 aromatic rings. The largest absolute Gasteiger partial charge is 0.380 e. The molecule has 0 saturated carbocycles. The summed E-state index contributed by atoms with van der Waals surface area (Å²) >= 11 is 5.87. The van der Waals surface area contributed by atoms with Crippen LogP contribution in [0.2, 0.25) is 5.15 Å². The number of hydrogen-bond donors (Lipinski definition) is 1. The van der Waals surface area contributed by atoms with Gasteiger partial charge >= 0.3 is 0 Å². The number of pyridine rings is 1. The van der Waals surface area contributed by atoms with Crippen LogP contribution in [0.3, 0.4) is 0 Å². The molecule has 1 aromatic carbocycles. The second kappa shape index (κ2) is 7.20. The summed E-state index contributed by atoms with van der Waals surface area (Å²) in [4.78, 5) is 16.2. The number of carbonyl (C=O) groups is 1. The minimum Gasteiger partial charge on any atom is -0.380 e. The fourth-order valence-corrected chi connectivity index (χ4v) is 2.31. The van der Waals surface area contributed by atoms with E-state index in [-0.39, 0.29) is 5.91 Å². The van der Waals surface area contributed by atoms with Gasteiger partial charge in [-0.05, 0) is 30.2 Å². The van der Waals surface area contributed by atoms with Crippen LogP contribution in [0.4, 0.5) is 0 Å². The Morgan fingerprint density at radius 1 is 1.29 bits per heavy atom. The summed E-state index contributed by atoms with van der Waals surface area (Å²) in [5, 5.41) is 3.21. The van der Waals surface area contributed by atoms with Crippen LogP contribution in [-0.2, 0) is 17.9 Å². The van der Waals surface area contributed by atoms with Gasteiger partial charge in [-0.2, -0.15) is 0 Å². The summed E-state index contributed by atoms with van der Waals surface area (Å²) in [6.45, 7) is 2.76. The molecule has 4 nitrogen and oxygen atoms in total. The number of aromatic nitrogens is 1. The van der Waals surface area contributed by atoms with Crippen molar-refractivity contribution in [1.29, 1.82) is 0 Å². The molecule has 0 saturated heterocycles. The molecule has 0 aliphatic rings. The first kappa shape index (κ1) is 15.5. The van der Waals surface area contributed by atoms with E-state index in [0.717, 1.165) is 11.1 Å². The first-order chi connectivity index (χ1) is 10.1. The van der Waals surface area contributed by atoms with E-state index in [1.54, 1.807) is 26.2 Å². The smallest absolute Gasteiger partial charge is 0.251 e. The zero-order chi connectivity index (χ0) is 15.2. The molecule has 0 unspecified atom stereocenters. The molecular weight excluding hydrogens is 288 g/mol. The molecule has 0 aliphatic heterocycles. The number of methoxy groups -OCH3 is 1. The fourth-order valence-electron chi connectivity index (χ4n) is 2.06. The molecule has 0 spiro atoms. The molecule has 0 aliphatic carbocycles. The third kappa shape index (κ3) is 4.28. The van der Waals surface area contributed by atoms with Gasteiger partial charge in [0.2, 0.25) is 0 Å². The van der Waals surface area contributed by atoms with E-state index in [9.17, 15) is 4.79 Å². The highest BCUT2D eigenvalue weighted by Gasteiger charge is 2.09. The van der Waals surface area contributed by atoms with Crippen LogP contribution in [0, 0.1) is 6.92 Å². The highest BCUT2D eigenvalue weighted by atomic mass is 35.5. The first-order valence-electron chi connectivity index (χ1n) is 6.58. The molecule has 2 rings (SSSR count). The van der Waals surface area contributed by atoms with Gasteiger partial charge in [-0.3, -0.25) is 4.79 Å². The van der Waals surface area contributed by atoms with Crippen molar-refractivity contribution in [3.63, 3.8) is 0 Å².